The Hall–Kier alpha value is -2.96. The third kappa shape index (κ3) is 2.18. The zero-order valence-corrected chi connectivity index (χ0v) is 10.8. The fourth-order valence-electron chi connectivity index (χ4n) is 2.35. The molecule has 1 unspecified atom stereocenters. The van der Waals surface area contributed by atoms with Crippen LogP contribution in [0, 0.1) is 0 Å². The van der Waals surface area contributed by atoms with Crippen molar-refractivity contribution in [1.29, 1.82) is 0 Å². The standard InChI is InChI=1S/C14H11N3O4/c18-12(19)7-10-13(20)17(14(21)16-10)11-5-1-4-9-8(11)3-2-6-15-9/h1-6,10H,7H2,(H,16,21)(H,18,19). The summed E-state index contributed by atoms with van der Waals surface area (Å²) >= 11 is 0. The van der Waals surface area contributed by atoms with E-state index in [1.165, 1.54) is 0 Å². The van der Waals surface area contributed by atoms with Crippen molar-refractivity contribution in [2.24, 2.45) is 0 Å². The minimum Gasteiger partial charge on any atom is -0.481 e. The van der Waals surface area contributed by atoms with E-state index in [-0.39, 0.29) is 0 Å². The monoisotopic (exact) mass is 285 g/mol. The zero-order chi connectivity index (χ0) is 15.0. The van der Waals surface area contributed by atoms with Gasteiger partial charge in [-0.1, -0.05) is 6.07 Å². The predicted octanol–water partition coefficient (Wildman–Crippen LogP) is 1.13. The number of aliphatic carboxylic acids is 1. The van der Waals surface area contributed by atoms with E-state index in [4.69, 9.17) is 5.11 Å². The molecule has 7 heteroatoms. The largest absolute Gasteiger partial charge is 0.481 e. The van der Waals surface area contributed by atoms with Crippen molar-refractivity contribution < 1.29 is 19.5 Å². The number of carbonyl (C=O) groups excluding carboxylic acids is 2. The second-order valence-electron chi connectivity index (χ2n) is 4.62. The van der Waals surface area contributed by atoms with Gasteiger partial charge in [0.25, 0.3) is 5.91 Å². The molecule has 0 aliphatic carbocycles. The summed E-state index contributed by atoms with van der Waals surface area (Å²) in [4.78, 5) is 40.1. The highest BCUT2D eigenvalue weighted by Crippen LogP contribution is 2.28. The van der Waals surface area contributed by atoms with Crippen LogP contribution in [0.15, 0.2) is 36.5 Å². The van der Waals surface area contributed by atoms with Gasteiger partial charge in [0.05, 0.1) is 17.6 Å². The highest BCUT2D eigenvalue weighted by Gasteiger charge is 2.40. The average Bonchev–Trinajstić information content (AvgIpc) is 2.72. The summed E-state index contributed by atoms with van der Waals surface area (Å²) in [6.45, 7) is 0. The van der Waals surface area contributed by atoms with Crippen LogP contribution < -0.4 is 10.2 Å². The van der Waals surface area contributed by atoms with Gasteiger partial charge in [0, 0.05) is 11.6 Å². The number of anilines is 1. The molecule has 3 rings (SSSR count). The smallest absolute Gasteiger partial charge is 0.329 e. The number of rotatable bonds is 3. The number of carboxylic acid groups (broad SMARTS) is 1. The summed E-state index contributed by atoms with van der Waals surface area (Å²) < 4.78 is 0. The normalized spacial score (nSPS) is 18.1. The van der Waals surface area contributed by atoms with E-state index in [9.17, 15) is 14.4 Å². The molecule has 1 saturated heterocycles. The first-order valence-electron chi connectivity index (χ1n) is 6.28. The van der Waals surface area contributed by atoms with Gasteiger partial charge in [0.2, 0.25) is 0 Å². The summed E-state index contributed by atoms with van der Waals surface area (Å²) in [6.07, 6.45) is 1.18. The molecule has 2 N–H and O–H groups in total. The van der Waals surface area contributed by atoms with Crippen LogP contribution in [0.4, 0.5) is 10.5 Å². The van der Waals surface area contributed by atoms with E-state index >= 15 is 0 Å². The van der Waals surface area contributed by atoms with Crippen molar-refractivity contribution in [2.45, 2.75) is 12.5 Å². The third-order valence-electron chi connectivity index (χ3n) is 3.26. The van der Waals surface area contributed by atoms with E-state index in [0.29, 0.717) is 16.6 Å². The molecular weight excluding hydrogens is 274 g/mol. The molecule has 1 aromatic carbocycles. The van der Waals surface area contributed by atoms with Crippen LogP contribution in [0.25, 0.3) is 10.9 Å². The predicted molar refractivity (Wildman–Crippen MR) is 73.8 cm³/mol. The molecule has 3 amide bonds. The van der Waals surface area contributed by atoms with Crippen LogP contribution >= 0.6 is 0 Å². The van der Waals surface area contributed by atoms with E-state index in [0.717, 1.165) is 4.90 Å². The first kappa shape index (κ1) is 13.0. The van der Waals surface area contributed by atoms with Crippen LogP contribution in [0.1, 0.15) is 6.42 Å². The van der Waals surface area contributed by atoms with Crippen molar-refractivity contribution in [3.63, 3.8) is 0 Å². The number of hydrogen-bond acceptors (Lipinski definition) is 4. The fourth-order valence-corrected chi connectivity index (χ4v) is 2.35. The molecule has 0 saturated carbocycles. The van der Waals surface area contributed by atoms with Crippen molar-refractivity contribution in [3.05, 3.63) is 36.5 Å². The molecule has 2 aromatic rings. The Morgan fingerprint density at radius 2 is 2.10 bits per heavy atom. The highest BCUT2D eigenvalue weighted by atomic mass is 16.4. The number of fused-ring (bicyclic) bond motifs is 1. The van der Waals surface area contributed by atoms with Crippen LogP contribution in [0.2, 0.25) is 0 Å². The highest BCUT2D eigenvalue weighted by molar-refractivity contribution is 6.24. The molecule has 0 bridgehead atoms. The van der Waals surface area contributed by atoms with E-state index in [1.807, 2.05) is 0 Å². The number of benzene rings is 1. The molecule has 1 aliphatic heterocycles. The number of nitrogens with one attached hydrogen (secondary N) is 1. The molecule has 1 fully saturated rings. The summed E-state index contributed by atoms with van der Waals surface area (Å²) in [5.41, 5.74) is 1.05. The summed E-state index contributed by atoms with van der Waals surface area (Å²) in [5, 5.41) is 11.8. The molecule has 2 heterocycles. The van der Waals surface area contributed by atoms with Crippen molar-refractivity contribution in [2.75, 3.05) is 4.90 Å². The minimum atomic E-state index is -1.14. The minimum absolute atomic E-state index is 0.399. The van der Waals surface area contributed by atoms with Gasteiger partial charge in [0.15, 0.2) is 0 Å². The van der Waals surface area contributed by atoms with Crippen LogP contribution in [-0.2, 0) is 9.59 Å². The van der Waals surface area contributed by atoms with Gasteiger partial charge in [0.1, 0.15) is 6.04 Å². The molecule has 7 nitrogen and oxygen atoms in total. The zero-order valence-electron chi connectivity index (χ0n) is 10.8. The van der Waals surface area contributed by atoms with Gasteiger partial charge < -0.3 is 10.4 Å². The number of pyridine rings is 1. The lowest BCUT2D eigenvalue weighted by Crippen LogP contribution is -2.32. The van der Waals surface area contributed by atoms with Gasteiger partial charge in [-0.25, -0.2) is 9.69 Å². The maximum absolute atomic E-state index is 12.3. The lowest BCUT2D eigenvalue weighted by atomic mass is 10.1. The molecule has 1 aromatic heterocycles. The Balaban J connectivity index is 2.04. The maximum atomic E-state index is 12.3. The van der Waals surface area contributed by atoms with Crippen molar-refractivity contribution in [3.8, 4) is 0 Å². The Morgan fingerprint density at radius 1 is 1.29 bits per heavy atom. The number of carboxylic acids is 1. The summed E-state index contributed by atoms with van der Waals surface area (Å²) in [6, 6.07) is 6.89. The quantitative estimate of drug-likeness (QED) is 0.824. The number of carbonyl (C=O) groups is 3. The average molecular weight is 285 g/mol. The van der Waals surface area contributed by atoms with Gasteiger partial charge in [-0.15, -0.1) is 0 Å². The number of urea groups is 1. The molecular formula is C14H11N3O4. The third-order valence-corrected chi connectivity index (χ3v) is 3.26. The lowest BCUT2D eigenvalue weighted by Gasteiger charge is -2.15. The Labute approximate surface area is 119 Å². The SMILES string of the molecule is O=C(O)CC1NC(=O)N(c2cccc3ncccc23)C1=O. The van der Waals surface area contributed by atoms with Crippen molar-refractivity contribution >= 4 is 34.5 Å². The molecule has 1 aliphatic rings. The summed E-state index contributed by atoms with van der Waals surface area (Å²) in [7, 11) is 0. The van der Waals surface area contributed by atoms with E-state index in [2.05, 4.69) is 10.3 Å². The first-order chi connectivity index (χ1) is 10.1. The second-order valence-corrected chi connectivity index (χ2v) is 4.62. The van der Waals surface area contributed by atoms with Gasteiger partial charge >= 0.3 is 12.0 Å². The molecule has 106 valence electrons. The molecule has 21 heavy (non-hydrogen) atoms. The Bertz CT molecular complexity index is 753. The topological polar surface area (TPSA) is 99.6 Å². The van der Waals surface area contributed by atoms with Crippen LogP contribution in [-0.4, -0.2) is 34.0 Å². The molecule has 0 spiro atoms. The molecule has 1 atom stereocenters. The Morgan fingerprint density at radius 3 is 2.86 bits per heavy atom. The van der Waals surface area contributed by atoms with E-state index < -0.39 is 30.4 Å². The number of hydrogen-bond donors (Lipinski definition) is 2. The van der Waals surface area contributed by atoms with Gasteiger partial charge in [-0.05, 0) is 24.3 Å². The molecule has 0 radical (unpaired) electrons. The summed E-state index contributed by atoms with van der Waals surface area (Å²) in [5.74, 6) is -1.71. The maximum Gasteiger partial charge on any atom is 0.329 e. The van der Waals surface area contributed by atoms with Gasteiger partial charge in [-0.2, -0.15) is 0 Å². The fraction of sp³-hybridized carbons (Fsp3) is 0.143. The van der Waals surface area contributed by atoms with Crippen LogP contribution in [0.3, 0.4) is 0 Å². The van der Waals surface area contributed by atoms with Crippen LogP contribution in [0.5, 0.6) is 0 Å². The van der Waals surface area contributed by atoms with Crippen molar-refractivity contribution in [1.82, 2.24) is 10.3 Å². The number of amides is 3. The van der Waals surface area contributed by atoms with Gasteiger partial charge in [-0.3, -0.25) is 14.6 Å². The number of aromatic nitrogens is 1. The first-order valence-corrected chi connectivity index (χ1v) is 6.28. The number of nitrogens with zero attached hydrogens (tertiary/aromatic N) is 2. The second kappa shape index (κ2) is 4.86. The number of imide groups is 1. The Kier molecular flexibility index (Phi) is 3.02. The van der Waals surface area contributed by atoms with E-state index in [1.54, 1.807) is 36.5 Å². The lowest BCUT2D eigenvalue weighted by molar-refractivity contribution is -0.139.